The zero-order valence-corrected chi connectivity index (χ0v) is 11.1. The molecule has 0 aliphatic rings. The summed E-state index contributed by atoms with van der Waals surface area (Å²) in [5.41, 5.74) is 1.12. The fraction of sp³-hybridized carbons (Fsp3) is 0.214. The molecule has 1 unspecified atom stereocenters. The lowest BCUT2D eigenvalue weighted by Gasteiger charge is -2.13. The van der Waals surface area contributed by atoms with Crippen molar-refractivity contribution in [1.29, 1.82) is 0 Å². The van der Waals surface area contributed by atoms with Crippen molar-refractivity contribution in [3.05, 3.63) is 51.7 Å². The standard InChI is InChI=1S/C14H15NO2S/c1-9-11(5-3-6-12(9)16)14(17)15-10(2)13-7-4-8-18-13/h3-8,10,16H,1-2H3,(H,15,17). The number of hydrogen-bond donors (Lipinski definition) is 2. The maximum absolute atomic E-state index is 12.1. The minimum Gasteiger partial charge on any atom is -0.508 e. The summed E-state index contributed by atoms with van der Waals surface area (Å²) in [5.74, 6) is -0.0178. The minimum absolute atomic E-state index is 0.0285. The van der Waals surface area contributed by atoms with E-state index in [0.717, 1.165) is 4.88 Å². The summed E-state index contributed by atoms with van der Waals surface area (Å²) in [5, 5.41) is 14.5. The van der Waals surface area contributed by atoms with E-state index < -0.39 is 0 Å². The van der Waals surface area contributed by atoms with E-state index in [4.69, 9.17) is 0 Å². The van der Waals surface area contributed by atoms with Crippen molar-refractivity contribution in [2.45, 2.75) is 19.9 Å². The van der Waals surface area contributed by atoms with E-state index in [1.165, 1.54) is 0 Å². The van der Waals surface area contributed by atoms with Gasteiger partial charge in [0, 0.05) is 16.0 Å². The summed E-state index contributed by atoms with van der Waals surface area (Å²) in [7, 11) is 0. The highest BCUT2D eigenvalue weighted by Crippen LogP contribution is 2.22. The predicted molar refractivity (Wildman–Crippen MR) is 73.0 cm³/mol. The van der Waals surface area contributed by atoms with Gasteiger partial charge in [0.2, 0.25) is 0 Å². The molecular formula is C14H15NO2S. The Kier molecular flexibility index (Phi) is 3.67. The highest BCUT2D eigenvalue weighted by molar-refractivity contribution is 7.10. The molecule has 1 atom stereocenters. The number of rotatable bonds is 3. The van der Waals surface area contributed by atoms with E-state index in [2.05, 4.69) is 5.32 Å². The highest BCUT2D eigenvalue weighted by atomic mass is 32.1. The monoisotopic (exact) mass is 261 g/mol. The lowest BCUT2D eigenvalue weighted by molar-refractivity contribution is 0.0939. The van der Waals surface area contributed by atoms with Gasteiger partial charge in [-0.05, 0) is 37.4 Å². The molecule has 1 heterocycles. The number of benzene rings is 1. The second-order valence-corrected chi connectivity index (χ2v) is 5.14. The number of carbonyl (C=O) groups is 1. The van der Waals surface area contributed by atoms with Crippen molar-refractivity contribution in [2.24, 2.45) is 0 Å². The molecular weight excluding hydrogens is 246 g/mol. The fourth-order valence-electron chi connectivity index (χ4n) is 1.75. The summed E-state index contributed by atoms with van der Waals surface area (Å²) in [4.78, 5) is 13.2. The Morgan fingerprint density at radius 1 is 1.33 bits per heavy atom. The molecule has 2 aromatic rings. The van der Waals surface area contributed by atoms with Crippen molar-refractivity contribution < 1.29 is 9.90 Å². The predicted octanol–water partition coefficient (Wildman–Crippen LogP) is 3.25. The molecule has 18 heavy (non-hydrogen) atoms. The first-order valence-corrected chi connectivity index (χ1v) is 6.60. The largest absolute Gasteiger partial charge is 0.508 e. The van der Waals surface area contributed by atoms with Crippen LogP contribution in [0, 0.1) is 6.92 Å². The van der Waals surface area contributed by atoms with Gasteiger partial charge < -0.3 is 10.4 Å². The number of carbonyl (C=O) groups excluding carboxylic acids is 1. The van der Waals surface area contributed by atoms with Crippen molar-refractivity contribution >= 4 is 17.2 Å². The smallest absolute Gasteiger partial charge is 0.252 e. The number of hydrogen-bond acceptors (Lipinski definition) is 3. The van der Waals surface area contributed by atoms with E-state index >= 15 is 0 Å². The molecule has 0 spiro atoms. The van der Waals surface area contributed by atoms with Gasteiger partial charge in [-0.1, -0.05) is 12.1 Å². The van der Waals surface area contributed by atoms with Crippen LogP contribution >= 0.6 is 11.3 Å². The van der Waals surface area contributed by atoms with Crippen molar-refractivity contribution in [2.75, 3.05) is 0 Å². The molecule has 0 saturated heterocycles. The molecule has 1 aromatic heterocycles. The van der Waals surface area contributed by atoms with Crippen LogP contribution in [0.4, 0.5) is 0 Å². The SMILES string of the molecule is Cc1c(O)cccc1C(=O)NC(C)c1cccs1. The van der Waals surface area contributed by atoms with Gasteiger partial charge in [0.15, 0.2) is 0 Å². The summed E-state index contributed by atoms with van der Waals surface area (Å²) in [6, 6.07) is 8.89. The molecule has 1 aromatic carbocycles. The maximum Gasteiger partial charge on any atom is 0.252 e. The van der Waals surface area contributed by atoms with E-state index in [0.29, 0.717) is 11.1 Å². The molecule has 3 nitrogen and oxygen atoms in total. The molecule has 2 N–H and O–H groups in total. The third-order valence-electron chi connectivity index (χ3n) is 2.87. The van der Waals surface area contributed by atoms with Crippen LogP contribution in [0.2, 0.25) is 0 Å². The number of amides is 1. The zero-order valence-electron chi connectivity index (χ0n) is 10.3. The first-order valence-electron chi connectivity index (χ1n) is 5.72. The lowest BCUT2D eigenvalue weighted by atomic mass is 10.1. The van der Waals surface area contributed by atoms with Crippen LogP contribution in [0.3, 0.4) is 0 Å². The molecule has 0 aliphatic carbocycles. The molecule has 94 valence electrons. The zero-order chi connectivity index (χ0) is 13.1. The van der Waals surface area contributed by atoms with Crippen LogP contribution in [-0.2, 0) is 0 Å². The Morgan fingerprint density at radius 3 is 2.78 bits per heavy atom. The van der Waals surface area contributed by atoms with Crippen LogP contribution in [0.15, 0.2) is 35.7 Å². The Labute approximate surface area is 110 Å². The van der Waals surface area contributed by atoms with Crippen molar-refractivity contribution in [1.82, 2.24) is 5.32 Å². The average Bonchev–Trinajstić information content (AvgIpc) is 2.86. The molecule has 2 rings (SSSR count). The summed E-state index contributed by atoms with van der Waals surface area (Å²) in [6.07, 6.45) is 0. The van der Waals surface area contributed by atoms with Gasteiger partial charge in [-0.2, -0.15) is 0 Å². The van der Waals surface area contributed by atoms with Gasteiger partial charge in [0.1, 0.15) is 5.75 Å². The molecule has 0 saturated carbocycles. The van der Waals surface area contributed by atoms with Crippen LogP contribution < -0.4 is 5.32 Å². The molecule has 4 heteroatoms. The number of thiophene rings is 1. The Morgan fingerprint density at radius 2 is 2.11 bits per heavy atom. The topological polar surface area (TPSA) is 49.3 Å². The summed E-state index contributed by atoms with van der Waals surface area (Å²) >= 11 is 1.61. The van der Waals surface area contributed by atoms with Gasteiger partial charge in [0.25, 0.3) is 5.91 Å². The normalized spacial score (nSPS) is 12.1. The van der Waals surface area contributed by atoms with Crippen LogP contribution in [0.25, 0.3) is 0 Å². The average molecular weight is 261 g/mol. The highest BCUT2D eigenvalue weighted by Gasteiger charge is 2.15. The molecule has 0 bridgehead atoms. The number of phenols is 1. The van der Waals surface area contributed by atoms with Gasteiger partial charge in [0.05, 0.1) is 6.04 Å². The summed E-state index contributed by atoms with van der Waals surface area (Å²) < 4.78 is 0. The minimum atomic E-state index is -0.163. The molecule has 0 fully saturated rings. The fourth-order valence-corrected chi connectivity index (χ4v) is 2.49. The van der Waals surface area contributed by atoms with Crippen LogP contribution in [0.5, 0.6) is 5.75 Å². The Balaban J connectivity index is 2.15. The maximum atomic E-state index is 12.1. The first kappa shape index (κ1) is 12.6. The van der Waals surface area contributed by atoms with E-state index in [1.807, 2.05) is 24.4 Å². The molecule has 0 radical (unpaired) electrons. The van der Waals surface area contributed by atoms with E-state index in [9.17, 15) is 9.90 Å². The van der Waals surface area contributed by atoms with Crippen molar-refractivity contribution in [3.8, 4) is 5.75 Å². The van der Waals surface area contributed by atoms with Crippen molar-refractivity contribution in [3.63, 3.8) is 0 Å². The van der Waals surface area contributed by atoms with Gasteiger partial charge in [-0.25, -0.2) is 0 Å². The van der Waals surface area contributed by atoms with Crippen LogP contribution in [0.1, 0.15) is 33.8 Å². The Hall–Kier alpha value is -1.81. The molecule has 1 amide bonds. The first-order chi connectivity index (χ1) is 8.59. The van der Waals surface area contributed by atoms with E-state index in [1.54, 1.807) is 36.5 Å². The van der Waals surface area contributed by atoms with E-state index in [-0.39, 0.29) is 17.7 Å². The number of aromatic hydroxyl groups is 1. The lowest BCUT2D eigenvalue weighted by Crippen LogP contribution is -2.26. The third kappa shape index (κ3) is 2.54. The Bertz CT molecular complexity index is 549. The van der Waals surface area contributed by atoms with Gasteiger partial charge in [-0.15, -0.1) is 11.3 Å². The second-order valence-electron chi connectivity index (χ2n) is 4.16. The van der Waals surface area contributed by atoms with Crippen LogP contribution in [-0.4, -0.2) is 11.0 Å². The third-order valence-corrected chi connectivity index (χ3v) is 3.92. The number of phenolic OH excluding ortho intramolecular Hbond substituents is 1. The quantitative estimate of drug-likeness (QED) is 0.891. The number of nitrogens with one attached hydrogen (secondary N) is 1. The summed E-state index contributed by atoms with van der Waals surface area (Å²) in [6.45, 7) is 3.68. The van der Waals surface area contributed by atoms with Gasteiger partial charge in [-0.3, -0.25) is 4.79 Å². The molecule has 0 aliphatic heterocycles. The van der Waals surface area contributed by atoms with Gasteiger partial charge >= 0.3 is 0 Å². The second kappa shape index (κ2) is 5.23.